The fraction of sp³-hybridized carbons (Fsp3) is 0.143. The van der Waals surface area contributed by atoms with E-state index >= 15 is 0 Å². The summed E-state index contributed by atoms with van der Waals surface area (Å²) in [4.78, 5) is 4.04. The zero-order chi connectivity index (χ0) is 14.4. The molecule has 0 saturated heterocycles. The number of ether oxygens (including phenoxy) is 1. The van der Waals surface area contributed by atoms with Crippen LogP contribution < -0.4 is 10.1 Å². The van der Waals surface area contributed by atoms with Crippen LogP contribution in [-0.2, 0) is 6.61 Å². The van der Waals surface area contributed by atoms with Gasteiger partial charge < -0.3 is 14.5 Å². The zero-order valence-electron chi connectivity index (χ0n) is 10.6. The highest BCUT2D eigenvalue weighted by molar-refractivity contribution is 6.30. The molecule has 0 aliphatic heterocycles. The highest BCUT2D eigenvalue weighted by Crippen LogP contribution is 2.19. The van der Waals surface area contributed by atoms with E-state index in [9.17, 15) is 0 Å². The van der Waals surface area contributed by atoms with Crippen LogP contribution in [0.1, 0.15) is 11.6 Å². The van der Waals surface area contributed by atoms with Crippen molar-refractivity contribution in [3.05, 3.63) is 53.5 Å². The summed E-state index contributed by atoms with van der Waals surface area (Å²) in [6, 6.07) is 8.90. The molecule has 0 fully saturated rings. The van der Waals surface area contributed by atoms with E-state index in [1.807, 2.05) is 6.07 Å². The predicted molar refractivity (Wildman–Crippen MR) is 75.7 cm³/mol. The molecule has 20 heavy (non-hydrogen) atoms. The first kappa shape index (κ1) is 14.0. The van der Waals surface area contributed by atoms with E-state index in [4.69, 9.17) is 26.0 Å². The molecule has 0 bridgehead atoms. The fourth-order valence-corrected chi connectivity index (χ4v) is 1.59. The topological polar surface area (TPSA) is 71.1 Å². The van der Waals surface area contributed by atoms with Crippen LogP contribution in [0, 0.1) is 11.3 Å². The van der Waals surface area contributed by atoms with Gasteiger partial charge >= 0.3 is 0 Å². The molecule has 1 aromatic carbocycles. The first-order valence-electron chi connectivity index (χ1n) is 5.86. The van der Waals surface area contributed by atoms with Crippen molar-refractivity contribution in [2.24, 2.45) is 0 Å². The van der Waals surface area contributed by atoms with Crippen molar-refractivity contribution in [2.75, 3.05) is 11.9 Å². The van der Waals surface area contributed by atoms with Crippen molar-refractivity contribution in [1.29, 1.82) is 5.26 Å². The molecule has 0 atom stereocenters. The number of rotatable bonds is 6. The van der Waals surface area contributed by atoms with Crippen molar-refractivity contribution in [3.63, 3.8) is 0 Å². The first-order chi connectivity index (χ1) is 9.72. The number of aromatic nitrogens is 1. The third kappa shape index (κ3) is 3.53. The van der Waals surface area contributed by atoms with Crippen LogP contribution in [0.25, 0.3) is 0 Å². The molecule has 1 aromatic heterocycles. The summed E-state index contributed by atoms with van der Waals surface area (Å²) in [6.45, 7) is 4.20. The lowest BCUT2D eigenvalue weighted by atomic mass is 10.3. The fourth-order valence-electron chi connectivity index (χ4n) is 1.46. The Balaban J connectivity index is 2.02. The summed E-state index contributed by atoms with van der Waals surface area (Å²) in [5.74, 6) is 1.29. The van der Waals surface area contributed by atoms with Crippen molar-refractivity contribution in [1.82, 2.24) is 4.98 Å². The monoisotopic (exact) mass is 289 g/mol. The minimum Gasteiger partial charge on any atom is -0.484 e. The van der Waals surface area contributed by atoms with E-state index in [1.165, 1.54) is 0 Å². The second kappa shape index (κ2) is 6.64. The van der Waals surface area contributed by atoms with Gasteiger partial charge in [0.15, 0.2) is 6.61 Å². The van der Waals surface area contributed by atoms with Gasteiger partial charge in [0.2, 0.25) is 17.5 Å². The normalized spacial score (nSPS) is 9.80. The van der Waals surface area contributed by atoms with E-state index in [0.717, 1.165) is 0 Å². The molecule has 0 saturated carbocycles. The first-order valence-corrected chi connectivity index (χ1v) is 6.23. The van der Waals surface area contributed by atoms with Gasteiger partial charge in [-0.1, -0.05) is 17.7 Å². The van der Waals surface area contributed by atoms with Crippen LogP contribution in [0.4, 0.5) is 5.88 Å². The molecule has 5 nitrogen and oxygen atoms in total. The summed E-state index contributed by atoms with van der Waals surface area (Å²) in [5.41, 5.74) is 0.196. The largest absolute Gasteiger partial charge is 0.484 e. The van der Waals surface area contributed by atoms with Gasteiger partial charge in [0.1, 0.15) is 11.8 Å². The van der Waals surface area contributed by atoms with Gasteiger partial charge in [-0.15, -0.1) is 6.58 Å². The number of nitrogens with zero attached hydrogens (tertiary/aromatic N) is 2. The lowest BCUT2D eigenvalue weighted by Gasteiger charge is -2.02. The number of hydrogen-bond donors (Lipinski definition) is 1. The van der Waals surface area contributed by atoms with Crippen molar-refractivity contribution in [3.8, 4) is 11.8 Å². The zero-order valence-corrected chi connectivity index (χ0v) is 11.4. The van der Waals surface area contributed by atoms with Crippen LogP contribution in [0.2, 0.25) is 5.02 Å². The minimum atomic E-state index is 0.131. The molecule has 1 N–H and O–H groups in total. The Morgan fingerprint density at radius 2 is 2.20 bits per heavy atom. The van der Waals surface area contributed by atoms with E-state index in [2.05, 4.69) is 16.9 Å². The average molecular weight is 290 g/mol. The molecule has 0 amide bonds. The Labute approximate surface area is 121 Å². The van der Waals surface area contributed by atoms with Gasteiger partial charge in [0.05, 0.1) is 0 Å². The third-order valence-corrected chi connectivity index (χ3v) is 2.61. The molecular weight excluding hydrogens is 278 g/mol. The maximum Gasteiger partial charge on any atom is 0.236 e. The number of nitrogens with one attached hydrogen (secondary N) is 1. The Bertz CT molecular complexity index is 629. The lowest BCUT2D eigenvalue weighted by Crippen LogP contribution is -1.97. The smallest absolute Gasteiger partial charge is 0.236 e. The quantitative estimate of drug-likeness (QED) is 0.826. The van der Waals surface area contributed by atoms with Crippen molar-refractivity contribution >= 4 is 17.5 Å². The summed E-state index contributed by atoms with van der Waals surface area (Å²) in [7, 11) is 0. The van der Waals surface area contributed by atoms with Crippen molar-refractivity contribution in [2.45, 2.75) is 6.61 Å². The molecule has 2 aromatic rings. The molecule has 2 rings (SSSR count). The van der Waals surface area contributed by atoms with Crippen LogP contribution in [0.15, 0.2) is 41.3 Å². The summed E-state index contributed by atoms with van der Waals surface area (Å²) in [5, 5.41) is 12.5. The molecular formula is C14H12ClN3O2. The van der Waals surface area contributed by atoms with Gasteiger partial charge in [0, 0.05) is 11.6 Å². The van der Waals surface area contributed by atoms with Gasteiger partial charge in [-0.05, 0) is 24.3 Å². The second-order valence-corrected chi connectivity index (χ2v) is 4.25. The van der Waals surface area contributed by atoms with Crippen LogP contribution in [-0.4, -0.2) is 11.5 Å². The maximum atomic E-state index is 8.95. The molecule has 0 radical (unpaired) electrons. The Kier molecular flexibility index (Phi) is 4.64. The van der Waals surface area contributed by atoms with Crippen molar-refractivity contribution < 1.29 is 9.15 Å². The van der Waals surface area contributed by atoms with Gasteiger partial charge in [-0.25, -0.2) is 0 Å². The number of halogens is 1. The molecule has 1 heterocycles. The highest BCUT2D eigenvalue weighted by atomic mass is 35.5. The SMILES string of the molecule is C=CCNc1oc(COc2ccc(Cl)cc2)nc1C#N. The summed E-state index contributed by atoms with van der Waals surface area (Å²) < 4.78 is 10.9. The van der Waals surface area contributed by atoms with Gasteiger partial charge in [-0.3, -0.25) is 0 Å². The Hall–Kier alpha value is -2.45. The number of oxazole rings is 1. The van der Waals surface area contributed by atoms with E-state index < -0.39 is 0 Å². The standard InChI is InChI=1S/C14H12ClN3O2/c1-2-7-17-14-12(8-16)18-13(20-14)9-19-11-5-3-10(15)4-6-11/h2-6,17H,1,7,9H2. The van der Waals surface area contributed by atoms with E-state index in [1.54, 1.807) is 30.3 Å². The number of hydrogen-bond acceptors (Lipinski definition) is 5. The third-order valence-electron chi connectivity index (χ3n) is 2.36. The number of benzene rings is 1. The Morgan fingerprint density at radius 3 is 2.85 bits per heavy atom. The predicted octanol–water partition coefficient (Wildman–Crippen LogP) is 3.38. The van der Waals surface area contributed by atoms with Crippen LogP contribution in [0.3, 0.4) is 0 Å². The van der Waals surface area contributed by atoms with Gasteiger partial charge in [-0.2, -0.15) is 10.2 Å². The number of nitriles is 1. The van der Waals surface area contributed by atoms with Gasteiger partial charge in [0.25, 0.3) is 0 Å². The second-order valence-electron chi connectivity index (χ2n) is 3.81. The molecule has 0 spiro atoms. The molecule has 6 heteroatoms. The Morgan fingerprint density at radius 1 is 1.45 bits per heavy atom. The number of anilines is 1. The summed E-state index contributed by atoms with van der Waals surface area (Å²) in [6.07, 6.45) is 1.66. The van der Waals surface area contributed by atoms with Crippen LogP contribution in [0.5, 0.6) is 5.75 Å². The highest BCUT2D eigenvalue weighted by Gasteiger charge is 2.12. The van der Waals surface area contributed by atoms with Crippen LogP contribution >= 0.6 is 11.6 Å². The van der Waals surface area contributed by atoms with E-state index in [0.29, 0.717) is 29.1 Å². The minimum absolute atomic E-state index is 0.131. The molecule has 0 unspecified atom stereocenters. The molecule has 0 aliphatic rings. The maximum absolute atomic E-state index is 8.95. The van der Waals surface area contributed by atoms with E-state index in [-0.39, 0.29) is 12.3 Å². The molecule has 102 valence electrons. The lowest BCUT2D eigenvalue weighted by molar-refractivity contribution is 0.265. The molecule has 0 aliphatic carbocycles. The summed E-state index contributed by atoms with van der Waals surface area (Å²) >= 11 is 5.78. The average Bonchev–Trinajstić information content (AvgIpc) is 2.87.